The molecular formula is C11H14BrN. The molecule has 0 atom stereocenters. The van der Waals surface area contributed by atoms with Crippen LogP contribution in [0.5, 0.6) is 0 Å². The topological polar surface area (TPSA) is 12.0 Å². The second kappa shape index (κ2) is 5.20. The molecule has 0 saturated carbocycles. The first-order valence-corrected chi connectivity index (χ1v) is 5.10. The number of rotatable bonds is 3. The van der Waals surface area contributed by atoms with Gasteiger partial charge in [-0.1, -0.05) is 34.1 Å². The van der Waals surface area contributed by atoms with Gasteiger partial charge in [-0.3, -0.25) is 0 Å². The minimum Gasteiger partial charge on any atom is -0.316 e. The number of hydrogen-bond donors (Lipinski definition) is 1. The van der Waals surface area contributed by atoms with Gasteiger partial charge in [0.25, 0.3) is 0 Å². The highest BCUT2D eigenvalue weighted by atomic mass is 79.9. The van der Waals surface area contributed by atoms with Crippen LogP contribution < -0.4 is 5.32 Å². The van der Waals surface area contributed by atoms with Crippen molar-refractivity contribution in [1.82, 2.24) is 5.32 Å². The van der Waals surface area contributed by atoms with Crippen molar-refractivity contribution in [2.75, 3.05) is 13.6 Å². The van der Waals surface area contributed by atoms with E-state index in [1.54, 1.807) is 0 Å². The van der Waals surface area contributed by atoms with E-state index in [0.717, 1.165) is 11.0 Å². The van der Waals surface area contributed by atoms with E-state index in [1.165, 1.54) is 11.1 Å². The van der Waals surface area contributed by atoms with E-state index in [-0.39, 0.29) is 0 Å². The summed E-state index contributed by atoms with van der Waals surface area (Å²) in [7, 11) is 1.94. The summed E-state index contributed by atoms with van der Waals surface area (Å²) in [4.78, 5) is 0. The normalized spacial score (nSPS) is 11.0. The maximum absolute atomic E-state index is 3.47. The van der Waals surface area contributed by atoms with Gasteiger partial charge in [0.1, 0.15) is 0 Å². The summed E-state index contributed by atoms with van der Waals surface area (Å²) >= 11 is 3.47. The van der Waals surface area contributed by atoms with Crippen LogP contribution >= 0.6 is 15.9 Å². The van der Waals surface area contributed by atoms with Crippen molar-refractivity contribution < 1.29 is 0 Å². The first kappa shape index (κ1) is 10.5. The molecule has 0 spiro atoms. The van der Waals surface area contributed by atoms with E-state index in [1.807, 2.05) is 7.05 Å². The summed E-state index contributed by atoms with van der Waals surface area (Å²) < 4.78 is 1.14. The van der Waals surface area contributed by atoms with Crippen molar-refractivity contribution in [3.8, 4) is 0 Å². The summed E-state index contributed by atoms with van der Waals surface area (Å²) in [6.07, 6.45) is 4.23. The molecule has 0 aliphatic heterocycles. The van der Waals surface area contributed by atoms with Gasteiger partial charge in [-0.15, -0.1) is 0 Å². The van der Waals surface area contributed by atoms with Crippen molar-refractivity contribution in [2.24, 2.45) is 0 Å². The molecule has 0 bridgehead atoms. The van der Waals surface area contributed by atoms with Gasteiger partial charge in [-0.25, -0.2) is 0 Å². The van der Waals surface area contributed by atoms with E-state index in [9.17, 15) is 0 Å². The second-order valence-electron chi connectivity index (χ2n) is 3.02. The molecule has 0 aliphatic rings. The largest absolute Gasteiger partial charge is 0.316 e. The van der Waals surface area contributed by atoms with Crippen LogP contribution in [0.15, 0.2) is 28.7 Å². The van der Waals surface area contributed by atoms with Crippen LogP contribution in [0.4, 0.5) is 0 Å². The van der Waals surface area contributed by atoms with E-state index in [4.69, 9.17) is 0 Å². The molecule has 1 nitrogen and oxygen atoms in total. The molecule has 70 valence electrons. The second-order valence-corrected chi connectivity index (χ2v) is 3.94. The summed E-state index contributed by atoms with van der Waals surface area (Å²) in [6.45, 7) is 3.01. The molecule has 1 aromatic carbocycles. The van der Waals surface area contributed by atoms with Gasteiger partial charge in [0.05, 0.1) is 0 Å². The molecule has 0 saturated heterocycles. The molecule has 0 amide bonds. The number of aryl methyl sites for hydroxylation is 1. The third-order valence-corrected chi connectivity index (χ3v) is 2.15. The zero-order valence-electron chi connectivity index (χ0n) is 7.97. The maximum atomic E-state index is 3.47. The summed E-state index contributed by atoms with van der Waals surface area (Å²) in [5.41, 5.74) is 2.51. The molecule has 1 rings (SSSR count). The highest BCUT2D eigenvalue weighted by Crippen LogP contribution is 2.16. The Morgan fingerprint density at radius 3 is 2.77 bits per heavy atom. The fraction of sp³-hybridized carbons (Fsp3) is 0.273. The van der Waals surface area contributed by atoms with Gasteiger partial charge in [-0.2, -0.15) is 0 Å². The molecule has 0 radical (unpaired) electrons. The quantitative estimate of drug-likeness (QED) is 0.856. The van der Waals surface area contributed by atoms with Crippen LogP contribution in [0, 0.1) is 6.92 Å². The average Bonchev–Trinajstić information content (AvgIpc) is 2.03. The van der Waals surface area contributed by atoms with Gasteiger partial charge in [0.2, 0.25) is 0 Å². The highest BCUT2D eigenvalue weighted by molar-refractivity contribution is 9.10. The first-order chi connectivity index (χ1) is 6.22. The van der Waals surface area contributed by atoms with Crippen molar-refractivity contribution in [1.29, 1.82) is 0 Å². The van der Waals surface area contributed by atoms with Crippen LogP contribution in [0.2, 0.25) is 0 Å². The third kappa shape index (κ3) is 3.75. The van der Waals surface area contributed by atoms with E-state index in [0.29, 0.717) is 0 Å². The summed E-state index contributed by atoms with van der Waals surface area (Å²) in [5.74, 6) is 0. The van der Waals surface area contributed by atoms with Gasteiger partial charge in [0, 0.05) is 11.0 Å². The van der Waals surface area contributed by atoms with E-state index in [2.05, 4.69) is 58.5 Å². The zero-order valence-corrected chi connectivity index (χ0v) is 9.56. The minimum absolute atomic E-state index is 0.908. The fourth-order valence-electron chi connectivity index (χ4n) is 1.17. The van der Waals surface area contributed by atoms with Crippen LogP contribution in [-0.4, -0.2) is 13.6 Å². The van der Waals surface area contributed by atoms with Crippen molar-refractivity contribution in [3.63, 3.8) is 0 Å². The lowest BCUT2D eigenvalue weighted by Crippen LogP contribution is -2.03. The molecule has 13 heavy (non-hydrogen) atoms. The molecule has 1 N–H and O–H groups in total. The van der Waals surface area contributed by atoms with Crippen LogP contribution in [0.1, 0.15) is 11.1 Å². The predicted octanol–water partition coefficient (Wildman–Crippen LogP) is 2.99. The zero-order chi connectivity index (χ0) is 9.68. The number of nitrogens with one attached hydrogen (secondary N) is 1. The Hall–Kier alpha value is -0.600. The van der Waals surface area contributed by atoms with Crippen LogP contribution in [-0.2, 0) is 0 Å². The summed E-state index contributed by atoms with van der Waals surface area (Å²) in [5, 5.41) is 3.07. The summed E-state index contributed by atoms with van der Waals surface area (Å²) in [6, 6.07) is 6.38. The number of benzene rings is 1. The molecule has 0 aliphatic carbocycles. The lowest BCUT2D eigenvalue weighted by atomic mass is 10.1. The van der Waals surface area contributed by atoms with Crippen molar-refractivity contribution in [3.05, 3.63) is 39.9 Å². The molecule has 2 heteroatoms. The lowest BCUT2D eigenvalue weighted by Gasteiger charge is -1.98. The Balaban J connectivity index is 2.77. The van der Waals surface area contributed by atoms with Gasteiger partial charge < -0.3 is 5.32 Å². The Bertz CT molecular complexity index is 285. The SMILES string of the molecule is CNCC=Cc1cc(C)cc(Br)c1. The monoisotopic (exact) mass is 239 g/mol. The Kier molecular flexibility index (Phi) is 4.19. The molecule has 1 aromatic rings. The standard InChI is InChI=1S/C11H14BrN/c1-9-6-10(4-3-5-13-2)8-11(12)7-9/h3-4,6-8,13H,5H2,1-2H3. The molecule has 0 aromatic heterocycles. The van der Waals surface area contributed by atoms with Gasteiger partial charge >= 0.3 is 0 Å². The van der Waals surface area contributed by atoms with Gasteiger partial charge in [-0.05, 0) is 37.2 Å². The Morgan fingerprint density at radius 1 is 1.38 bits per heavy atom. The number of halogens is 1. The minimum atomic E-state index is 0.908. The van der Waals surface area contributed by atoms with Crippen molar-refractivity contribution in [2.45, 2.75) is 6.92 Å². The van der Waals surface area contributed by atoms with Gasteiger partial charge in [0.15, 0.2) is 0 Å². The highest BCUT2D eigenvalue weighted by Gasteiger charge is 1.91. The van der Waals surface area contributed by atoms with Crippen molar-refractivity contribution >= 4 is 22.0 Å². The average molecular weight is 240 g/mol. The van der Waals surface area contributed by atoms with Crippen LogP contribution in [0.25, 0.3) is 6.08 Å². The number of hydrogen-bond acceptors (Lipinski definition) is 1. The maximum Gasteiger partial charge on any atom is 0.0183 e. The molecule has 0 unspecified atom stereocenters. The lowest BCUT2D eigenvalue weighted by molar-refractivity contribution is 0.922. The Morgan fingerprint density at radius 2 is 2.15 bits per heavy atom. The molecular weight excluding hydrogens is 226 g/mol. The van der Waals surface area contributed by atoms with Crippen LogP contribution in [0.3, 0.4) is 0 Å². The predicted molar refractivity (Wildman–Crippen MR) is 61.8 cm³/mol. The fourth-order valence-corrected chi connectivity index (χ4v) is 1.80. The third-order valence-electron chi connectivity index (χ3n) is 1.70. The molecule has 0 heterocycles. The van der Waals surface area contributed by atoms with E-state index >= 15 is 0 Å². The Labute approximate surface area is 88.0 Å². The van der Waals surface area contributed by atoms with E-state index < -0.39 is 0 Å². The molecule has 0 fully saturated rings. The smallest absolute Gasteiger partial charge is 0.0183 e. The first-order valence-electron chi connectivity index (χ1n) is 4.30. The number of likely N-dealkylation sites (N-methyl/N-ethyl adjacent to an activating group) is 1.